The Hall–Kier alpha value is -2.23. The second-order valence-electron chi connectivity index (χ2n) is 4.40. The second kappa shape index (κ2) is 3.91. The number of ether oxygens (including phenoxy) is 1. The minimum atomic E-state index is -0.251. The summed E-state index contributed by atoms with van der Waals surface area (Å²) in [7, 11) is 0. The van der Waals surface area contributed by atoms with Crippen LogP contribution in [0, 0.1) is 6.92 Å². The molecule has 0 bridgehead atoms. The van der Waals surface area contributed by atoms with Crippen LogP contribution < -0.4 is 0 Å². The summed E-state index contributed by atoms with van der Waals surface area (Å²) in [6, 6.07) is 5.62. The minimum Gasteiger partial charge on any atom is -0.454 e. The monoisotopic (exact) mass is 240 g/mol. The zero-order valence-electron chi connectivity index (χ0n) is 10.2. The molecule has 0 aliphatic carbocycles. The number of carbonyl (C=O) groups excluding carboxylic acids is 1. The van der Waals surface area contributed by atoms with E-state index in [-0.39, 0.29) is 12.1 Å². The predicted molar refractivity (Wildman–Crippen MR) is 66.0 cm³/mol. The highest BCUT2D eigenvalue weighted by Gasteiger charge is 2.27. The van der Waals surface area contributed by atoms with Crippen molar-refractivity contribution in [1.29, 1.82) is 0 Å². The zero-order chi connectivity index (χ0) is 12.7. The molecule has 1 unspecified atom stereocenters. The van der Waals surface area contributed by atoms with Crippen LogP contribution in [-0.4, -0.2) is 15.9 Å². The van der Waals surface area contributed by atoms with Crippen molar-refractivity contribution >= 4 is 5.97 Å². The molecule has 90 valence electrons. The largest absolute Gasteiger partial charge is 0.454 e. The van der Waals surface area contributed by atoms with Gasteiger partial charge in [0.15, 0.2) is 0 Å². The molecular formula is C14H12N2O2. The highest BCUT2D eigenvalue weighted by atomic mass is 16.5. The lowest BCUT2D eigenvalue weighted by molar-refractivity contribution is 0.0422. The topological polar surface area (TPSA) is 52.1 Å². The van der Waals surface area contributed by atoms with Gasteiger partial charge in [0, 0.05) is 17.3 Å². The predicted octanol–water partition coefficient (Wildman–Crippen LogP) is 2.68. The molecule has 18 heavy (non-hydrogen) atoms. The third kappa shape index (κ3) is 1.66. The molecule has 1 aliphatic heterocycles. The van der Waals surface area contributed by atoms with Crippen LogP contribution in [0.5, 0.6) is 0 Å². The molecule has 4 heteroatoms. The van der Waals surface area contributed by atoms with E-state index in [1.807, 2.05) is 26.0 Å². The van der Waals surface area contributed by atoms with E-state index < -0.39 is 0 Å². The number of hydrogen-bond donors (Lipinski definition) is 0. The Morgan fingerprint density at radius 3 is 2.89 bits per heavy atom. The number of rotatable bonds is 1. The summed E-state index contributed by atoms with van der Waals surface area (Å²) in [6.45, 7) is 3.77. The molecule has 1 aromatic carbocycles. The van der Waals surface area contributed by atoms with Crippen LogP contribution in [-0.2, 0) is 4.74 Å². The van der Waals surface area contributed by atoms with Crippen molar-refractivity contribution in [2.75, 3.05) is 0 Å². The number of hydrogen-bond acceptors (Lipinski definition) is 4. The van der Waals surface area contributed by atoms with Gasteiger partial charge in [-0.05, 0) is 26.0 Å². The first-order valence-electron chi connectivity index (χ1n) is 5.79. The summed E-state index contributed by atoms with van der Waals surface area (Å²) in [6.07, 6.45) is 3.24. The number of aromatic nitrogens is 2. The Morgan fingerprint density at radius 1 is 1.28 bits per heavy atom. The lowest BCUT2D eigenvalue weighted by Crippen LogP contribution is -1.94. The molecule has 0 amide bonds. The Morgan fingerprint density at radius 2 is 2.11 bits per heavy atom. The van der Waals surface area contributed by atoms with Crippen molar-refractivity contribution in [3.63, 3.8) is 0 Å². The van der Waals surface area contributed by atoms with Crippen LogP contribution in [0.25, 0.3) is 11.3 Å². The average molecular weight is 240 g/mol. The third-order valence-electron chi connectivity index (χ3n) is 3.04. The van der Waals surface area contributed by atoms with Gasteiger partial charge in [-0.3, -0.25) is 4.98 Å². The molecular weight excluding hydrogens is 228 g/mol. The Labute approximate surface area is 105 Å². The van der Waals surface area contributed by atoms with E-state index in [1.54, 1.807) is 18.5 Å². The van der Waals surface area contributed by atoms with Crippen molar-refractivity contribution < 1.29 is 9.53 Å². The van der Waals surface area contributed by atoms with Crippen molar-refractivity contribution in [1.82, 2.24) is 9.97 Å². The number of aryl methyl sites for hydroxylation is 1. The molecule has 0 saturated heterocycles. The molecule has 4 nitrogen and oxygen atoms in total. The van der Waals surface area contributed by atoms with Crippen molar-refractivity contribution in [3.8, 4) is 11.3 Å². The van der Waals surface area contributed by atoms with Gasteiger partial charge in [-0.25, -0.2) is 9.78 Å². The fourth-order valence-electron chi connectivity index (χ4n) is 2.13. The van der Waals surface area contributed by atoms with Crippen LogP contribution in [0.15, 0.2) is 30.6 Å². The zero-order valence-corrected chi connectivity index (χ0v) is 10.2. The standard InChI is InChI=1S/C14H12N2O2/c1-8-6-15-7-13(16-8)10-3-4-11-12(5-10)9(2)18-14(11)17/h3-7,9H,1-2H3. The maximum Gasteiger partial charge on any atom is 0.339 e. The molecule has 0 spiro atoms. The van der Waals surface area contributed by atoms with Crippen molar-refractivity contribution in [2.45, 2.75) is 20.0 Å². The maximum absolute atomic E-state index is 11.5. The van der Waals surface area contributed by atoms with E-state index in [4.69, 9.17) is 4.74 Å². The molecule has 0 fully saturated rings. The molecule has 3 rings (SSSR count). The first kappa shape index (κ1) is 10.9. The molecule has 0 N–H and O–H groups in total. The van der Waals surface area contributed by atoms with Gasteiger partial charge in [0.25, 0.3) is 0 Å². The highest BCUT2D eigenvalue weighted by Crippen LogP contribution is 2.32. The third-order valence-corrected chi connectivity index (χ3v) is 3.04. The summed E-state index contributed by atoms with van der Waals surface area (Å²) in [5, 5.41) is 0. The van der Waals surface area contributed by atoms with Gasteiger partial charge in [0.2, 0.25) is 0 Å². The summed E-state index contributed by atoms with van der Waals surface area (Å²) in [5.74, 6) is -0.251. The van der Waals surface area contributed by atoms with Crippen LogP contribution in [0.4, 0.5) is 0 Å². The fourth-order valence-corrected chi connectivity index (χ4v) is 2.13. The van der Waals surface area contributed by atoms with E-state index >= 15 is 0 Å². The first-order valence-corrected chi connectivity index (χ1v) is 5.79. The maximum atomic E-state index is 11.5. The van der Waals surface area contributed by atoms with Crippen LogP contribution in [0.2, 0.25) is 0 Å². The van der Waals surface area contributed by atoms with Crippen LogP contribution in [0.3, 0.4) is 0 Å². The number of cyclic esters (lactones) is 1. The fraction of sp³-hybridized carbons (Fsp3) is 0.214. The second-order valence-corrected chi connectivity index (χ2v) is 4.40. The number of nitrogens with zero attached hydrogens (tertiary/aromatic N) is 2. The van der Waals surface area contributed by atoms with E-state index in [2.05, 4.69) is 9.97 Å². The minimum absolute atomic E-state index is 0.190. The lowest BCUT2D eigenvalue weighted by atomic mass is 10.0. The van der Waals surface area contributed by atoms with Crippen molar-refractivity contribution in [3.05, 3.63) is 47.4 Å². The van der Waals surface area contributed by atoms with Crippen LogP contribution in [0.1, 0.15) is 34.6 Å². The van der Waals surface area contributed by atoms with Crippen molar-refractivity contribution in [2.24, 2.45) is 0 Å². The average Bonchev–Trinajstić information content (AvgIpc) is 2.65. The van der Waals surface area contributed by atoms with E-state index in [1.165, 1.54) is 0 Å². The van der Waals surface area contributed by atoms with Gasteiger partial charge in [0.05, 0.1) is 23.1 Å². The summed E-state index contributed by atoms with van der Waals surface area (Å²) in [5.41, 5.74) is 4.19. The SMILES string of the molecule is Cc1cncc(-c2ccc3c(c2)C(C)OC3=O)n1. The van der Waals surface area contributed by atoms with Crippen LogP contribution >= 0.6 is 0 Å². The Kier molecular flexibility index (Phi) is 2.37. The smallest absolute Gasteiger partial charge is 0.339 e. The summed E-state index contributed by atoms with van der Waals surface area (Å²) >= 11 is 0. The number of fused-ring (bicyclic) bond motifs is 1. The quantitative estimate of drug-likeness (QED) is 0.719. The molecule has 0 saturated carbocycles. The normalized spacial score (nSPS) is 17.4. The van der Waals surface area contributed by atoms with Gasteiger partial charge in [-0.2, -0.15) is 0 Å². The molecule has 2 heterocycles. The number of carbonyl (C=O) groups is 1. The van der Waals surface area contributed by atoms with Gasteiger partial charge in [-0.15, -0.1) is 0 Å². The molecule has 1 aromatic heterocycles. The molecule has 2 aromatic rings. The van der Waals surface area contributed by atoms with E-state index in [0.717, 1.165) is 22.5 Å². The van der Waals surface area contributed by atoms with E-state index in [0.29, 0.717) is 5.56 Å². The first-order chi connectivity index (χ1) is 8.65. The van der Waals surface area contributed by atoms with Gasteiger partial charge in [-0.1, -0.05) is 6.07 Å². The lowest BCUT2D eigenvalue weighted by Gasteiger charge is -2.05. The number of esters is 1. The Bertz CT molecular complexity index is 637. The molecule has 1 atom stereocenters. The molecule has 0 radical (unpaired) electrons. The molecule has 1 aliphatic rings. The Balaban J connectivity index is 2.11. The highest BCUT2D eigenvalue weighted by molar-refractivity contribution is 5.94. The summed E-state index contributed by atoms with van der Waals surface area (Å²) in [4.78, 5) is 20.1. The van der Waals surface area contributed by atoms with Gasteiger partial charge < -0.3 is 4.74 Å². The van der Waals surface area contributed by atoms with Gasteiger partial charge in [0.1, 0.15) is 6.10 Å². The van der Waals surface area contributed by atoms with Gasteiger partial charge >= 0.3 is 5.97 Å². The number of benzene rings is 1. The summed E-state index contributed by atoms with van der Waals surface area (Å²) < 4.78 is 5.17. The van der Waals surface area contributed by atoms with E-state index in [9.17, 15) is 4.79 Å².